The van der Waals surface area contributed by atoms with Gasteiger partial charge in [-0.25, -0.2) is 9.79 Å². The molecule has 0 aromatic heterocycles. The monoisotopic (exact) mass is 250 g/mol. The lowest BCUT2D eigenvalue weighted by Crippen LogP contribution is -2.53. The molecule has 1 aromatic carbocycles. The predicted octanol–water partition coefficient (Wildman–Crippen LogP) is -0.227. The fourth-order valence-corrected chi connectivity index (χ4v) is 2.48. The third-order valence-corrected chi connectivity index (χ3v) is 3.32. The van der Waals surface area contributed by atoms with E-state index in [0.29, 0.717) is 11.6 Å². The Morgan fingerprint density at radius 2 is 1.87 bits per heavy atom. The van der Waals surface area contributed by atoms with E-state index in [1.54, 1.807) is 24.3 Å². The Balaban J connectivity index is 2.79. The molecule has 1 aromatic rings. The van der Waals surface area contributed by atoms with Crippen LogP contribution in [0.5, 0.6) is 0 Å². The third kappa shape index (κ3) is 4.43. The summed E-state index contributed by atoms with van der Waals surface area (Å²) in [7, 11) is -3.99. The van der Waals surface area contributed by atoms with Gasteiger partial charge in [-0.3, -0.25) is 0 Å². The molecule has 0 aliphatic carbocycles. The molecule has 0 amide bonds. The van der Waals surface area contributed by atoms with Gasteiger partial charge in [0.25, 0.3) is 0 Å². The highest BCUT2D eigenvalue weighted by Gasteiger charge is 2.27. The maximum atomic E-state index is 10.9. The summed E-state index contributed by atoms with van der Waals surface area (Å²) in [6, 6.07) is 6.96. The van der Waals surface area contributed by atoms with Crippen molar-refractivity contribution < 1.29 is 20.4 Å². The molecular weight excluding hydrogens is 237 g/mol. The van der Waals surface area contributed by atoms with E-state index in [4.69, 9.17) is 21.4 Å². The summed E-state index contributed by atoms with van der Waals surface area (Å²) in [6.07, 6.45) is -0.169. The van der Waals surface area contributed by atoms with E-state index < -0.39 is 7.94 Å². The molecule has 15 heavy (non-hydrogen) atoms. The van der Waals surface area contributed by atoms with Crippen LogP contribution in [0.25, 0.3) is 0 Å². The average Bonchev–Trinajstić information content (AvgIpc) is 2.14. The minimum absolute atomic E-state index is 0.169. The van der Waals surface area contributed by atoms with E-state index in [0.717, 1.165) is 5.56 Å². The van der Waals surface area contributed by atoms with Crippen molar-refractivity contribution in [1.82, 2.24) is 0 Å². The van der Waals surface area contributed by atoms with Gasteiger partial charge in [-0.05, 0) is 17.7 Å². The number of halogens is 1. The van der Waals surface area contributed by atoms with Crippen molar-refractivity contribution in [3.63, 3.8) is 0 Å². The van der Waals surface area contributed by atoms with Gasteiger partial charge in [-0.15, -0.1) is 0 Å². The van der Waals surface area contributed by atoms with Crippen LogP contribution in [0, 0.1) is 0 Å². The lowest BCUT2D eigenvalue weighted by Gasteiger charge is -2.20. The molecule has 4 nitrogen and oxygen atoms in total. The molecule has 0 saturated carbocycles. The van der Waals surface area contributed by atoms with E-state index >= 15 is 0 Å². The van der Waals surface area contributed by atoms with Crippen molar-refractivity contribution in [3.8, 4) is 0 Å². The van der Waals surface area contributed by atoms with Gasteiger partial charge >= 0.3 is 0 Å². The smallest absolute Gasteiger partial charge is 0.231 e. The molecule has 0 aliphatic rings. The van der Waals surface area contributed by atoms with Crippen molar-refractivity contribution in [2.24, 2.45) is 0 Å². The number of hydrogen-bond donors (Lipinski definition) is 3. The second-order valence-electron chi connectivity index (χ2n) is 3.38. The predicted molar refractivity (Wildman–Crippen MR) is 58.2 cm³/mol. The van der Waals surface area contributed by atoms with Crippen LogP contribution in [0.3, 0.4) is 0 Å². The lowest BCUT2D eigenvalue weighted by molar-refractivity contribution is -0.371. The van der Waals surface area contributed by atoms with Gasteiger partial charge in [-0.1, -0.05) is 23.7 Å². The lowest BCUT2D eigenvalue weighted by atomic mass is 10.0. The minimum Gasteiger partial charge on any atom is -0.632 e. The van der Waals surface area contributed by atoms with E-state index in [2.05, 4.69) is 5.73 Å². The summed E-state index contributed by atoms with van der Waals surface area (Å²) in [5, 5.41) is 0.609. The van der Waals surface area contributed by atoms with Crippen molar-refractivity contribution in [3.05, 3.63) is 34.9 Å². The molecule has 1 atom stereocenters. The van der Waals surface area contributed by atoms with Gasteiger partial charge in [0.05, 0.1) is 12.5 Å². The Hall–Kier alpha value is -0.220. The van der Waals surface area contributed by atoms with E-state index in [1.165, 1.54) is 0 Å². The summed E-state index contributed by atoms with van der Waals surface area (Å²) in [5.41, 5.74) is 4.55. The summed E-state index contributed by atoms with van der Waals surface area (Å²) < 4.78 is 0. The number of benzene rings is 1. The maximum Gasteiger partial charge on any atom is 0.231 e. The van der Waals surface area contributed by atoms with Crippen LogP contribution in [0.4, 0.5) is 0 Å². The molecule has 0 fully saturated rings. The summed E-state index contributed by atoms with van der Waals surface area (Å²) in [6.45, 7) is 0.451. The Morgan fingerprint density at radius 1 is 1.33 bits per heavy atom. The number of quaternary nitrogens is 1. The number of rotatable bonds is 4. The molecule has 0 saturated heterocycles. The van der Waals surface area contributed by atoms with Crippen LogP contribution in [0.1, 0.15) is 11.5 Å². The quantitative estimate of drug-likeness (QED) is 0.645. The zero-order valence-corrected chi connectivity index (χ0v) is 9.79. The van der Waals surface area contributed by atoms with Crippen LogP contribution < -0.4 is 10.6 Å². The van der Waals surface area contributed by atoms with Crippen molar-refractivity contribution in [1.29, 1.82) is 0 Å². The molecule has 0 bridgehead atoms. The van der Waals surface area contributed by atoms with E-state index in [1.807, 2.05) is 0 Å². The van der Waals surface area contributed by atoms with Gasteiger partial charge in [-0.2, -0.15) is 0 Å². The van der Waals surface area contributed by atoms with Crippen LogP contribution in [0.15, 0.2) is 24.3 Å². The topological polar surface area (TPSA) is 91.2 Å². The molecule has 1 rings (SSSR count). The first kappa shape index (κ1) is 12.8. The molecule has 5 N–H and O–H groups in total. The Labute approximate surface area is 93.9 Å². The summed E-state index contributed by atoms with van der Waals surface area (Å²) in [5.74, 6) is -0.219. The van der Waals surface area contributed by atoms with Crippen LogP contribution in [-0.4, -0.2) is 22.5 Å². The first-order valence-corrected chi connectivity index (χ1v) is 6.69. The number of hydrogen-bond acceptors (Lipinski definition) is 3. The molecule has 6 heteroatoms. The molecule has 0 radical (unpaired) electrons. The Kier molecular flexibility index (Phi) is 4.46. The summed E-state index contributed by atoms with van der Waals surface area (Å²) in [4.78, 5) is 28.7. The SMILES string of the molecule is [NH3+]CC(C[P+]([O-])(O)O)c1ccc(Cl)cc1. The standard InChI is InChI=1S/C9H13ClNO3P/c10-9-3-1-7(2-4-9)8(5-11)6-15(12,13)14/h1-4,8H,5-6,11H2,(H2,12,13,14)/p+1. The molecule has 1 unspecified atom stereocenters. The third-order valence-electron chi connectivity index (χ3n) is 2.15. The van der Waals surface area contributed by atoms with Crippen molar-refractivity contribution in [2.75, 3.05) is 12.7 Å². The average molecular weight is 251 g/mol. The molecule has 84 valence electrons. The first-order chi connectivity index (χ1) is 6.92. The Bertz CT molecular complexity index is 312. The van der Waals surface area contributed by atoms with E-state index in [-0.39, 0.29) is 12.1 Å². The van der Waals surface area contributed by atoms with Crippen LogP contribution >= 0.6 is 19.5 Å². The molecule has 0 heterocycles. The van der Waals surface area contributed by atoms with Gasteiger partial charge in [0, 0.05) is 5.02 Å². The highest BCUT2D eigenvalue weighted by molar-refractivity contribution is 7.57. The molecule has 0 spiro atoms. The maximum absolute atomic E-state index is 10.9. The van der Waals surface area contributed by atoms with Crippen molar-refractivity contribution in [2.45, 2.75) is 5.92 Å². The fourth-order valence-electron chi connectivity index (χ4n) is 1.39. The van der Waals surface area contributed by atoms with Crippen LogP contribution in [-0.2, 0) is 0 Å². The van der Waals surface area contributed by atoms with Gasteiger partial charge in [0.2, 0.25) is 7.94 Å². The van der Waals surface area contributed by atoms with Gasteiger partial charge in [0.1, 0.15) is 6.16 Å². The summed E-state index contributed by atoms with van der Waals surface area (Å²) >= 11 is 5.72. The second-order valence-corrected chi connectivity index (χ2v) is 5.52. The van der Waals surface area contributed by atoms with Crippen LogP contribution in [0.2, 0.25) is 5.02 Å². The van der Waals surface area contributed by atoms with Gasteiger partial charge < -0.3 is 10.6 Å². The minimum atomic E-state index is -3.99. The Morgan fingerprint density at radius 3 is 2.27 bits per heavy atom. The van der Waals surface area contributed by atoms with Gasteiger partial charge in [0.15, 0.2) is 0 Å². The second kappa shape index (κ2) is 5.21. The fraction of sp³-hybridized carbons (Fsp3) is 0.333. The first-order valence-electron chi connectivity index (χ1n) is 4.51. The highest BCUT2D eigenvalue weighted by Crippen LogP contribution is 2.43. The van der Waals surface area contributed by atoms with E-state index in [9.17, 15) is 4.89 Å². The zero-order chi connectivity index (χ0) is 11.5. The van der Waals surface area contributed by atoms with Crippen molar-refractivity contribution >= 4 is 19.5 Å². The zero-order valence-electron chi connectivity index (χ0n) is 8.14. The highest BCUT2D eigenvalue weighted by atomic mass is 35.5. The molecule has 0 aliphatic heterocycles. The molecular formula is C9H14ClNO3P+. The normalized spacial score (nSPS) is 13.9. The largest absolute Gasteiger partial charge is 0.632 e.